The zero-order valence-corrected chi connectivity index (χ0v) is 29.8. The maximum atomic E-state index is 2.47. The minimum absolute atomic E-state index is 0.123. The van der Waals surface area contributed by atoms with Crippen molar-refractivity contribution in [3.05, 3.63) is 193 Å². The molecule has 1 aliphatic rings. The molecule has 0 heteroatoms. The molecular weight excluding hydrogens is 637 g/mol. The molecule has 0 saturated carbocycles. The van der Waals surface area contributed by atoms with E-state index < -0.39 is 0 Å². The summed E-state index contributed by atoms with van der Waals surface area (Å²) in [5, 5.41) is 13.1. The van der Waals surface area contributed by atoms with E-state index in [0.29, 0.717) is 0 Å². The van der Waals surface area contributed by atoms with Gasteiger partial charge in [-0.05, 0) is 128 Å². The van der Waals surface area contributed by atoms with Crippen molar-refractivity contribution >= 4 is 53.9 Å². The van der Waals surface area contributed by atoms with Crippen LogP contribution in [0.3, 0.4) is 0 Å². The first-order chi connectivity index (χ1) is 26.1. The van der Waals surface area contributed by atoms with Gasteiger partial charge in [0.05, 0.1) is 0 Å². The average molecular weight is 673 g/mol. The summed E-state index contributed by atoms with van der Waals surface area (Å²) >= 11 is 0. The summed E-state index contributed by atoms with van der Waals surface area (Å²) in [6.07, 6.45) is 0. The molecule has 0 atom stereocenters. The molecule has 0 aliphatic heterocycles. The standard InChI is InChI=1S/C53H36/c1-53(2)48-32-38-30-36(28-29-37(38)31-47(48)51-41-18-8-6-16-39(41)40-17-7-13-23-46(40)52(51)53)33-24-26-35(27-25-33)50-44-21-11-9-19-42(44)49(34-14-4-3-5-15-34)43-20-10-12-22-45(43)50/h3-32H,1-2H3. The molecular formula is C53H36. The number of rotatable bonds is 3. The van der Waals surface area contributed by atoms with Crippen LogP contribution in [0.5, 0.6) is 0 Å². The lowest BCUT2D eigenvalue weighted by Gasteiger charge is -2.24. The fourth-order valence-electron chi connectivity index (χ4n) is 9.59. The first kappa shape index (κ1) is 30.2. The summed E-state index contributed by atoms with van der Waals surface area (Å²) < 4.78 is 0. The molecule has 11 rings (SSSR count). The lowest BCUT2D eigenvalue weighted by atomic mass is 9.79. The molecule has 0 unspecified atom stereocenters. The average Bonchev–Trinajstić information content (AvgIpc) is 3.45. The Labute approximate surface area is 309 Å². The second kappa shape index (κ2) is 11.2. The highest BCUT2D eigenvalue weighted by Crippen LogP contribution is 2.55. The van der Waals surface area contributed by atoms with Crippen molar-refractivity contribution in [2.45, 2.75) is 19.3 Å². The molecule has 0 saturated heterocycles. The van der Waals surface area contributed by atoms with Gasteiger partial charge in [-0.1, -0.05) is 178 Å². The molecule has 0 aromatic heterocycles. The Hall–Kier alpha value is -6.50. The van der Waals surface area contributed by atoms with E-state index in [2.05, 4.69) is 196 Å². The van der Waals surface area contributed by atoms with Gasteiger partial charge in [0, 0.05) is 5.41 Å². The van der Waals surface area contributed by atoms with E-state index in [0.717, 1.165) is 0 Å². The van der Waals surface area contributed by atoms with Crippen molar-refractivity contribution in [3.8, 4) is 44.5 Å². The van der Waals surface area contributed by atoms with Crippen molar-refractivity contribution in [3.63, 3.8) is 0 Å². The van der Waals surface area contributed by atoms with E-state index in [4.69, 9.17) is 0 Å². The smallest absolute Gasteiger partial charge is 0.0165 e. The third kappa shape index (κ3) is 4.36. The van der Waals surface area contributed by atoms with Gasteiger partial charge >= 0.3 is 0 Å². The minimum atomic E-state index is -0.123. The minimum Gasteiger partial charge on any atom is -0.0622 e. The molecule has 0 bridgehead atoms. The summed E-state index contributed by atoms with van der Waals surface area (Å²) in [5.74, 6) is 0. The van der Waals surface area contributed by atoms with Crippen LogP contribution in [0.1, 0.15) is 25.0 Å². The monoisotopic (exact) mass is 672 g/mol. The van der Waals surface area contributed by atoms with E-state index in [1.807, 2.05) is 0 Å². The van der Waals surface area contributed by atoms with Gasteiger partial charge in [0.1, 0.15) is 0 Å². The van der Waals surface area contributed by atoms with Crippen LogP contribution < -0.4 is 0 Å². The maximum absolute atomic E-state index is 2.47. The van der Waals surface area contributed by atoms with Crippen LogP contribution in [0.25, 0.3) is 98.4 Å². The predicted octanol–water partition coefficient (Wildman–Crippen LogP) is 14.8. The van der Waals surface area contributed by atoms with Crippen LogP contribution >= 0.6 is 0 Å². The number of fused-ring (bicyclic) bond motifs is 11. The second-order valence-corrected chi connectivity index (χ2v) is 15.2. The van der Waals surface area contributed by atoms with Gasteiger partial charge in [-0.15, -0.1) is 0 Å². The van der Waals surface area contributed by atoms with Gasteiger partial charge in [-0.25, -0.2) is 0 Å². The lowest BCUT2D eigenvalue weighted by molar-refractivity contribution is 0.667. The van der Waals surface area contributed by atoms with Crippen molar-refractivity contribution in [1.29, 1.82) is 0 Å². The highest BCUT2D eigenvalue weighted by molar-refractivity contribution is 6.22. The molecule has 0 N–H and O–H groups in total. The Morgan fingerprint density at radius 2 is 0.736 bits per heavy atom. The molecule has 0 radical (unpaired) electrons. The normalized spacial score (nSPS) is 13.2. The zero-order chi connectivity index (χ0) is 35.3. The van der Waals surface area contributed by atoms with Crippen LogP contribution in [0.4, 0.5) is 0 Å². The summed E-state index contributed by atoms with van der Waals surface area (Å²) in [5.41, 5.74) is 13.0. The van der Waals surface area contributed by atoms with Crippen molar-refractivity contribution in [2.75, 3.05) is 0 Å². The molecule has 0 heterocycles. The Bertz CT molecular complexity index is 3050. The van der Waals surface area contributed by atoms with Crippen molar-refractivity contribution in [1.82, 2.24) is 0 Å². The first-order valence-electron chi connectivity index (χ1n) is 18.7. The topological polar surface area (TPSA) is 0 Å². The SMILES string of the molecule is CC1(C)c2cc3cc(-c4ccc(-c5c6ccccc6c(-c6ccccc6)c6ccccc56)cc4)ccc3cc2-c2c1c1ccccc1c1ccccc21. The van der Waals surface area contributed by atoms with E-state index in [1.54, 1.807) is 0 Å². The third-order valence-corrected chi connectivity index (χ3v) is 12.0. The largest absolute Gasteiger partial charge is 0.0622 e. The van der Waals surface area contributed by atoms with Crippen LogP contribution in [0.2, 0.25) is 0 Å². The Balaban J connectivity index is 1.04. The summed E-state index contributed by atoms with van der Waals surface area (Å²) in [6.45, 7) is 4.82. The maximum Gasteiger partial charge on any atom is 0.0165 e. The van der Waals surface area contributed by atoms with Crippen LogP contribution in [-0.4, -0.2) is 0 Å². The number of hydrogen-bond donors (Lipinski definition) is 0. The van der Waals surface area contributed by atoms with Gasteiger partial charge < -0.3 is 0 Å². The fourth-order valence-corrected chi connectivity index (χ4v) is 9.59. The highest BCUT2D eigenvalue weighted by Gasteiger charge is 2.38. The van der Waals surface area contributed by atoms with E-state index in [1.165, 1.54) is 109 Å². The van der Waals surface area contributed by atoms with Gasteiger partial charge in [0.2, 0.25) is 0 Å². The summed E-state index contributed by atoms with van der Waals surface area (Å²) in [4.78, 5) is 0. The molecule has 53 heavy (non-hydrogen) atoms. The van der Waals surface area contributed by atoms with Crippen molar-refractivity contribution in [2.24, 2.45) is 0 Å². The molecule has 0 nitrogen and oxygen atoms in total. The van der Waals surface area contributed by atoms with Gasteiger partial charge in [0.15, 0.2) is 0 Å². The Morgan fingerprint density at radius 3 is 1.32 bits per heavy atom. The van der Waals surface area contributed by atoms with Crippen LogP contribution in [-0.2, 0) is 5.41 Å². The fraction of sp³-hybridized carbons (Fsp3) is 0.0566. The van der Waals surface area contributed by atoms with Crippen LogP contribution in [0, 0.1) is 0 Å². The highest BCUT2D eigenvalue weighted by atomic mass is 14.4. The Kier molecular flexibility index (Phi) is 6.40. The van der Waals surface area contributed by atoms with E-state index in [9.17, 15) is 0 Å². The first-order valence-corrected chi connectivity index (χ1v) is 18.7. The molecule has 248 valence electrons. The molecule has 0 spiro atoms. The molecule has 10 aromatic rings. The van der Waals surface area contributed by atoms with Crippen LogP contribution in [0.15, 0.2) is 182 Å². The predicted molar refractivity (Wildman–Crippen MR) is 228 cm³/mol. The zero-order valence-electron chi connectivity index (χ0n) is 29.8. The number of benzene rings is 10. The van der Waals surface area contributed by atoms with E-state index in [-0.39, 0.29) is 5.41 Å². The third-order valence-electron chi connectivity index (χ3n) is 12.0. The number of hydrogen-bond acceptors (Lipinski definition) is 0. The molecule has 0 fully saturated rings. The van der Waals surface area contributed by atoms with Gasteiger partial charge in [-0.2, -0.15) is 0 Å². The summed E-state index contributed by atoms with van der Waals surface area (Å²) in [6, 6.07) is 67.7. The van der Waals surface area contributed by atoms with Gasteiger partial charge in [0.25, 0.3) is 0 Å². The molecule has 10 aromatic carbocycles. The Morgan fingerprint density at radius 1 is 0.302 bits per heavy atom. The second-order valence-electron chi connectivity index (χ2n) is 15.2. The van der Waals surface area contributed by atoms with Gasteiger partial charge in [-0.3, -0.25) is 0 Å². The lowest BCUT2D eigenvalue weighted by Crippen LogP contribution is -2.15. The summed E-state index contributed by atoms with van der Waals surface area (Å²) in [7, 11) is 0. The molecule has 0 amide bonds. The van der Waals surface area contributed by atoms with Crippen molar-refractivity contribution < 1.29 is 0 Å². The quantitative estimate of drug-likeness (QED) is 0.129. The van der Waals surface area contributed by atoms with E-state index >= 15 is 0 Å². The molecule has 1 aliphatic carbocycles.